The molecule has 6 atom stereocenters. The van der Waals surface area contributed by atoms with Crippen LogP contribution in [-0.2, 0) is 6.42 Å². The van der Waals surface area contributed by atoms with Crippen LogP contribution >= 0.6 is 15.9 Å². The monoisotopic (exact) mass is 520 g/mol. The Morgan fingerprint density at radius 2 is 1.70 bits per heavy atom. The van der Waals surface area contributed by atoms with E-state index in [0.717, 1.165) is 50.3 Å². The third-order valence-corrected chi connectivity index (χ3v) is 10.4. The van der Waals surface area contributed by atoms with E-state index >= 15 is 0 Å². The van der Waals surface area contributed by atoms with E-state index in [1.165, 1.54) is 56.1 Å². The first-order valence-electron chi connectivity index (χ1n) is 13.6. The summed E-state index contributed by atoms with van der Waals surface area (Å²) in [6.45, 7) is 2.43. The molecule has 0 heterocycles. The van der Waals surface area contributed by atoms with Crippen molar-refractivity contribution in [1.29, 1.82) is 0 Å². The van der Waals surface area contributed by atoms with Crippen LogP contribution in [0.3, 0.4) is 0 Å². The number of fused-ring (bicyclic) bond motifs is 5. The summed E-state index contributed by atoms with van der Waals surface area (Å²) < 4.78 is 0. The minimum absolute atomic E-state index is 0.0757. The van der Waals surface area contributed by atoms with Gasteiger partial charge in [-0.05, 0) is 91.4 Å². The van der Waals surface area contributed by atoms with Gasteiger partial charge in [0.15, 0.2) is 0 Å². The molecule has 0 aliphatic heterocycles. The maximum absolute atomic E-state index is 11.6. The molecule has 186 valence electrons. The highest BCUT2D eigenvalue weighted by atomic mass is 79.9. The number of aliphatic hydroxyl groups excluding tert-OH is 2. The predicted molar refractivity (Wildman–Crippen MR) is 139 cm³/mol. The van der Waals surface area contributed by atoms with Crippen LogP contribution in [0.25, 0.3) is 0 Å². The summed E-state index contributed by atoms with van der Waals surface area (Å²) in [5.41, 5.74) is 2.35. The van der Waals surface area contributed by atoms with Crippen molar-refractivity contribution in [2.45, 2.75) is 109 Å². The number of alkyl halides is 1. The maximum Gasteiger partial charge on any atom is 0.115 e. The zero-order chi connectivity index (χ0) is 23.5. The second-order valence-corrected chi connectivity index (χ2v) is 12.5. The summed E-state index contributed by atoms with van der Waals surface area (Å²) >= 11 is 3.51. The van der Waals surface area contributed by atoms with E-state index in [1.54, 1.807) is 0 Å². The number of halogens is 1. The third kappa shape index (κ3) is 5.05. The number of unbranched alkanes of at least 4 members (excludes halogenated alkanes) is 7. The van der Waals surface area contributed by atoms with Gasteiger partial charge in [0.1, 0.15) is 5.75 Å². The molecule has 0 bridgehead atoms. The predicted octanol–water partition coefficient (Wildman–Crippen LogP) is 7.10. The van der Waals surface area contributed by atoms with Crippen LogP contribution in [0, 0.1) is 22.7 Å². The third-order valence-electron chi connectivity index (χ3n) is 9.85. The molecule has 0 unspecified atom stereocenters. The molecule has 33 heavy (non-hydrogen) atoms. The number of benzene rings is 1. The molecule has 0 aromatic heterocycles. The Bertz CT molecular complexity index is 782. The van der Waals surface area contributed by atoms with Crippen molar-refractivity contribution in [1.82, 2.24) is 0 Å². The van der Waals surface area contributed by atoms with Gasteiger partial charge in [0.2, 0.25) is 0 Å². The Morgan fingerprint density at radius 1 is 1.00 bits per heavy atom. The molecule has 3 aliphatic rings. The Morgan fingerprint density at radius 3 is 2.39 bits per heavy atom. The average Bonchev–Trinajstić information content (AvgIpc) is 3.05. The molecule has 1 aromatic rings. The van der Waals surface area contributed by atoms with Crippen molar-refractivity contribution in [3.05, 3.63) is 29.3 Å². The molecule has 0 saturated heterocycles. The van der Waals surface area contributed by atoms with E-state index in [0.29, 0.717) is 23.5 Å². The number of aliphatic hydroxyl groups is 2. The normalized spacial score (nSPS) is 35.2. The molecular formula is C29H45BrO3. The molecule has 0 radical (unpaired) electrons. The van der Waals surface area contributed by atoms with E-state index in [2.05, 4.69) is 28.9 Å². The summed E-state index contributed by atoms with van der Waals surface area (Å²) in [6.07, 6.45) is 16.1. The average molecular weight is 522 g/mol. The largest absolute Gasteiger partial charge is 0.508 e. The standard InChI is InChI=1S/C29H45BrO3/c1-28-16-14-24-23-13-11-22(32)18-21(23)10-12-25(24)26(28)19-29(20-31,27(28)33)15-8-6-4-2-3-5-7-9-17-30/h11,13,18,24-27,31-33H,2-10,12,14-17,19-20H2,1H3/t24-,25-,26+,27-,28+,29-/m1/s1. The summed E-state index contributed by atoms with van der Waals surface area (Å²) in [5.74, 6) is 1.99. The molecule has 4 heteroatoms. The molecule has 3 aliphatic carbocycles. The molecule has 2 fully saturated rings. The Labute approximate surface area is 209 Å². The number of phenolic OH excluding ortho intramolecular Hbond substituents is 1. The van der Waals surface area contributed by atoms with Crippen LogP contribution in [0.4, 0.5) is 0 Å². The Hall–Kier alpha value is -0.580. The van der Waals surface area contributed by atoms with Crippen LogP contribution in [0.1, 0.15) is 107 Å². The van der Waals surface area contributed by atoms with Crippen LogP contribution in [0.15, 0.2) is 18.2 Å². The molecule has 4 rings (SSSR count). The first kappa shape index (κ1) is 25.5. The van der Waals surface area contributed by atoms with Gasteiger partial charge in [-0.25, -0.2) is 0 Å². The Balaban J connectivity index is 1.37. The smallest absolute Gasteiger partial charge is 0.115 e. The van der Waals surface area contributed by atoms with Crippen molar-refractivity contribution in [3.8, 4) is 5.75 Å². The lowest BCUT2D eigenvalue weighted by molar-refractivity contribution is -0.0715. The maximum atomic E-state index is 11.6. The zero-order valence-electron chi connectivity index (χ0n) is 20.6. The summed E-state index contributed by atoms with van der Waals surface area (Å²) in [6, 6.07) is 5.95. The summed E-state index contributed by atoms with van der Waals surface area (Å²) in [7, 11) is 0. The number of hydrogen-bond acceptors (Lipinski definition) is 3. The fourth-order valence-electron chi connectivity index (χ4n) is 7.99. The lowest BCUT2D eigenvalue weighted by Gasteiger charge is -2.50. The SMILES string of the molecule is C[C@]12CC[C@@H]3c4ccc(O)cc4CC[C@H]3[C@@H]1C[C@@](CO)(CCCCCCCCCCBr)[C@@H]2O. The molecule has 3 N–H and O–H groups in total. The Kier molecular flexibility index (Phi) is 8.50. The van der Waals surface area contributed by atoms with Gasteiger partial charge in [0.05, 0.1) is 12.7 Å². The van der Waals surface area contributed by atoms with E-state index in [9.17, 15) is 15.3 Å². The van der Waals surface area contributed by atoms with Crippen LogP contribution in [0.5, 0.6) is 5.75 Å². The van der Waals surface area contributed by atoms with Gasteiger partial charge in [0, 0.05) is 10.7 Å². The quantitative estimate of drug-likeness (QED) is 0.215. The molecule has 1 aromatic carbocycles. The molecule has 0 spiro atoms. The van der Waals surface area contributed by atoms with Crippen molar-refractivity contribution in [2.24, 2.45) is 22.7 Å². The second kappa shape index (κ2) is 11.0. The second-order valence-electron chi connectivity index (χ2n) is 11.7. The van der Waals surface area contributed by atoms with Gasteiger partial charge in [-0.3, -0.25) is 0 Å². The molecular weight excluding hydrogens is 476 g/mol. The van der Waals surface area contributed by atoms with Crippen LogP contribution < -0.4 is 0 Å². The van der Waals surface area contributed by atoms with Crippen molar-refractivity contribution in [3.63, 3.8) is 0 Å². The fourth-order valence-corrected chi connectivity index (χ4v) is 8.39. The van der Waals surface area contributed by atoms with E-state index in [-0.39, 0.29) is 17.4 Å². The molecule has 3 nitrogen and oxygen atoms in total. The van der Waals surface area contributed by atoms with Gasteiger partial charge >= 0.3 is 0 Å². The van der Waals surface area contributed by atoms with Gasteiger partial charge in [-0.2, -0.15) is 0 Å². The van der Waals surface area contributed by atoms with E-state index < -0.39 is 6.10 Å². The van der Waals surface area contributed by atoms with Crippen molar-refractivity contribution < 1.29 is 15.3 Å². The van der Waals surface area contributed by atoms with Gasteiger partial charge in [0.25, 0.3) is 0 Å². The highest BCUT2D eigenvalue weighted by molar-refractivity contribution is 9.09. The molecule has 2 saturated carbocycles. The molecule has 0 amide bonds. The minimum atomic E-state index is -0.397. The van der Waals surface area contributed by atoms with Crippen molar-refractivity contribution in [2.75, 3.05) is 11.9 Å². The van der Waals surface area contributed by atoms with Gasteiger partial charge in [-0.1, -0.05) is 73.9 Å². The van der Waals surface area contributed by atoms with Crippen LogP contribution in [0.2, 0.25) is 0 Å². The topological polar surface area (TPSA) is 60.7 Å². The summed E-state index contributed by atoms with van der Waals surface area (Å²) in [4.78, 5) is 0. The fraction of sp³-hybridized carbons (Fsp3) is 0.793. The minimum Gasteiger partial charge on any atom is -0.508 e. The lowest BCUT2D eigenvalue weighted by atomic mass is 9.55. The van der Waals surface area contributed by atoms with Gasteiger partial charge < -0.3 is 15.3 Å². The number of rotatable bonds is 11. The van der Waals surface area contributed by atoms with Crippen molar-refractivity contribution >= 4 is 15.9 Å². The van der Waals surface area contributed by atoms with Gasteiger partial charge in [-0.15, -0.1) is 0 Å². The highest BCUT2D eigenvalue weighted by Gasteiger charge is 2.63. The summed E-state index contributed by atoms with van der Waals surface area (Å²) in [5, 5.41) is 33.3. The zero-order valence-corrected chi connectivity index (χ0v) is 22.2. The highest BCUT2D eigenvalue weighted by Crippen LogP contribution is 2.66. The first-order chi connectivity index (χ1) is 15.9. The number of phenols is 1. The first-order valence-corrected chi connectivity index (χ1v) is 14.7. The lowest BCUT2D eigenvalue weighted by Crippen LogP contribution is -2.46. The number of aryl methyl sites for hydroxylation is 1. The van der Waals surface area contributed by atoms with E-state index in [4.69, 9.17) is 0 Å². The van der Waals surface area contributed by atoms with E-state index in [1.807, 2.05) is 12.1 Å². The number of aromatic hydroxyl groups is 1. The van der Waals surface area contributed by atoms with Crippen LogP contribution in [-0.4, -0.2) is 33.4 Å². The number of hydrogen-bond donors (Lipinski definition) is 3.